The summed E-state index contributed by atoms with van der Waals surface area (Å²) >= 11 is 0. The number of imide groups is 1. The maximum atomic E-state index is 11.2. The molecule has 1 aromatic rings. The van der Waals surface area contributed by atoms with Crippen molar-refractivity contribution in [1.29, 1.82) is 0 Å². The molecule has 1 aliphatic heterocycles. The Morgan fingerprint density at radius 3 is 1.80 bits per heavy atom. The van der Waals surface area contributed by atoms with Gasteiger partial charge in [0.1, 0.15) is 6.79 Å². The van der Waals surface area contributed by atoms with E-state index in [1.165, 1.54) is 12.2 Å². The van der Waals surface area contributed by atoms with Crippen LogP contribution in [0.2, 0.25) is 0 Å². The van der Waals surface area contributed by atoms with Crippen LogP contribution in [0.3, 0.4) is 0 Å². The molecule has 0 bridgehead atoms. The molecule has 0 saturated carbocycles. The van der Waals surface area contributed by atoms with Gasteiger partial charge in [-0.3, -0.25) is 9.59 Å². The minimum absolute atomic E-state index is 0.281. The maximum absolute atomic E-state index is 11.2. The highest BCUT2D eigenvalue weighted by Crippen LogP contribution is 2.17. The minimum atomic E-state index is -0.281. The molecule has 0 N–H and O–H groups in total. The normalized spacial score (nSPS) is 13.7. The van der Waals surface area contributed by atoms with Gasteiger partial charge in [0.05, 0.1) is 5.69 Å². The lowest BCUT2D eigenvalue weighted by Crippen LogP contribution is -2.29. The highest BCUT2D eigenvalue weighted by molar-refractivity contribution is 6.28. The van der Waals surface area contributed by atoms with Gasteiger partial charge < -0.3 is 4.79 Å². The minimum Gasteiger partial charge on any atom is -0.307 e. The predicted molar refractivity (Wildman–Crippen MR) is 55.2 cm³/mol. The Morgan fingerprint density at radius 1 is 0.867 bits per heavy atom. The fraction of sp³-hybridized carbons (Fsp3) is 0. The Labute approximate surface area is 86.8 Å². The number of anilines is 1. The number of amides is 2. The molecule has 1 aliphatic rings. The number of nitrogens with zero attached hydrogens (tertiary/aromatic N) is 1. The zero-order valence-electron chi connectivity index (χ0n) is 7.92. The lowest BCUT2D eigenvalue weighted by atomic mass is 10.3. The standard InChI is InChI=1S/C10H7NO2.CH2O/c12-9-6-7-10(13)11(9)8-4-2-1-3-5-8;1-2/h1-7H;1H2. The first-order valence-corrected chi connectivity index (χ1v) is 4.19. The van der Waals surface area contributed by atoms with Gasteiger partial charge in [0.2, 0.25) is 0 Å². The summed E-state index contributed by atoms with van der Waals surface area (Å²) < 4.78 is 0. The molecule has 2 rings (SSSR count). The van der Waals surface area contributed by atoms with E-state index in [9.17, 15) is 9.59 Å². The number of hydrogen-bond donors (Lipinski definition) is 0. The second-order valence-corrected chi connectivity index (χ2v) is 2.68. The van der Waals surface area contributed by atoms with E-state index < -0.39 is 0 Å². The number of carbonyl (C=O) groups is 3. The Hall–Kier alpha value is -2.23. The van der Waals surface area contributed by atoms with Crippen LogP contribution in [0.5, 0.6) is 0 Å². The third kappa shape index (κ3) is 2.17. The number of benzene rings is 1. The number of carbonyl (C=O) groups excluding carboxylic acids is 3. The van der Waals surface area contributed by atoms with Gasteiger partial charge in [-0.2, -0.15) is 0 Å². The van der Waals surface area contributed by atoms with Crippen molar-refractivity contribution in [3.05, 3.63) is 42.5 Å². The van der Waals surface area contributed by atoms with Crippen molar-refractivity contribution in [3.63, 3.8) is 0 Å². The fourth-order valence-electron chi connectivity index (χ4n) is 1.23. The smallest absolute Gasteiger partial charge is 0.258 e. The van der Waals surface area contributed by atoms with Gasteiger partial charge in [-0.15, -0.1) is 0 Å². The third-order valence-electron chi connectivity index (χ3n) is 1.82. The first-order chi connectivity index (χ1) is 7.29. The van der Waals surface area contributed by atoms with E-state index in [4.69, 9.17) is 4.79 Å². The van der Waals surface area contributed by atoms with Gasteiger partial charge in [0.25, 0.3) is 11.8 Å². The Kier molecular flexibility index (Phi) is 3.51. The molecule has 4 heteroatoms. The molecule has 0 aliphatic carbocycles. The Morgan fingerprint density at radius 2 is 1.33 bits per heavy atom. The fourth-order valence-corrected chi connectivity index (χ4v) is 1.23. The number of rotatable bonds is 1. The summed E-state index contributed by atoms with van der Waals surface area (Å²) in [5, 5.41) is 0. The quantitative estimate of drug-likeness (QED) is 0.638. The number of hydrogen-bond acceptors (Lipinski definition) is 3. The van der Waals surface area contributed by atoms with Gasteiger partial charge >= 0.3 is 0 Å². The molecule has 0 unspecified atom stereocenters. The molecule has 0 aromatic heterocycles. The molecule has 4 nitrogen and oxygen atoms in total. The molecule has 0 atom stereocenters. The van der Waals surface area contributed by atoms with Crippen molar-refractivity contribution in [1.82, 2.24) is 0 Å². The lowest BCUT2D eigenvalue weighted by Gasteiger charge is -2.12. The maximum Gasteiger partial charge on any atom is 0.258 e. The van der Waals surface area contributed by atoms with Crippen LogP contribution in [-0.2, 0) is 14.4 Å². The summed E-state index contributed by atoms with van der Waals surface area (Å²) in [5.74, 6) is -0.563. The molecular formula is C11H9NO3. The van der Waals surface area contributed by atoms with Crippen molar-refractivity contribution in [3.8, 4) is 0 Å². The van der Waals surface area contributed by atoms with Gasteiger partial charge in [-0.05, 0) is 12.1 Å². The average Bonchev–Trinajstić information content (AvgIpc) is 2.63. The van der Waals surface area contributed by atoms with Crippen molar-refractivity contribution in [2.75, 3.05) is 4.90 Å². The molecule has 1 aromatic carbocycles. The molecule has 76 valence electrons. The second kappa shape index (κ2) is 4.85. The molecular weight excluding hydrogens is 194 g/mol. The summed E-state index contributed by atoms with van der Waals surface area (Å²) in [6.45, 7) is 2.00. The van der Waals surface area contributed by atoms with E-state index in [1.54, 1.807) is 24.3 Å². The Bertz CT molecular complexity index is 380. The summed E-state index contributed by atoms with van der Waals surface area (Å²) in [4.78, 5) is 31.5. The van der Waals surface area contributed by atoms with Gasteiger partial charge in [-0.25, -0.2) is 4.90 Å². The van der Waals surface area contributed by atoms with Crippen molar-refractivity contribution in [2.45, 2.75) is 0 Å². The molecule has 0 fully saturated rings. The van der Waals surface area contributed by atoms with E-state index in [-0.39, 0.29) is 11.8 Å². The summed E-state index contributed by atoms with van der Waals surface area (Å²) in [6, 6.07) is 8.86. The molecule has 15 heavy (non-hydrogen) atoms. The van der Waals surface area contributed by atoms with Crippen LogP contribution in [0.25, 0.3) is 0 Å². The molecule has 0 radical (unpaired) electrons. The monoisotopic (exact) mass is 203 g/mol. The van der Waals surface area contributed by atoms with E-state index in [0.29, 0.717) is 5.69 Å². The van der Waals surface area contributed by atoms with Gasteiger partial charge in [0, 0.05) is 12.2 Å². The van der Waals surface area contributed by atoms with Crippen molar-refractivity contribution < 1.29 is 14.4 Å². The molecule has 0 spiro atoms. The second-order valence-electron chi connectivity index (χ2n) is 2.68. The summed E-state index contributed by atoms with van der Waals surface area (Å²) in [7, 11) is 0. The average molecular weight is 203 g/mol. The molecule has 1 heterocycles. The summed E-state index contributed by atoms with van der Waals surface area (Å²) in [6.07, 6.45) is 2.55. The zero-order valence-corrected chi connectivity index (χ0v) is 7.92. The van der Waals surface area contributed by atoms with Crippen LogP contribution in [0.15, 0.2) is 42.5 Å². The van der Waals surface area contributed by atoms with Crippen LogP contribution in [-0.4, -0.2) is 18.6 Å². The first kappa shape index (κ1) is 10.8. The van der Waals surface area contributed by atoms with Crippen LogP contribution in [0.4, 0.5) is 5.69 Å². The van der Waals surface area contributed by atoms with Gasteiger partial charge in [0.15, 0.2) is 0 Å². The van der Waals surface area contributed by atoms with E-state index in [1.807, 2.05) is 12.9 Å². The predicted octanol–water partition coefficient (Wildman–Crippen LogP) is 0.931. The van der Waals surface area contributed by atoms with Crippen LogP contribution in [0, 0.1) is 0 Å². The van der Waals surface area contributed by atoms with E-state index >= 15 is 0 Å². The molecule has 0 saturated heterocycles. The number of para-hydroxylation sites is 1. The van der Waals surface area contributed by atoms with E-state index in [0.717, 1.165) is 4.90 Å². The first-order valence-electron chi connectivity index (χ1n) is 4.19. The Balaban J connectivity index is 0.000000531. The van der Waals surface area contributed by atoms with Gasteiger partial charge in [-0.1, -0.05) is 18.2 Å². The van der Waals surface area contributed by atoms with Crippen LogP contribution >= 0.6 is 0 Å². The van der Waals surface area contributed by atoms with Crippen LogP contribution < -0.4 is 4.90 Å². The third-order valence-corrected chi connectivity index (χ3v) is 1.82. The SMILES string of the molecule is C=O.O=C1C=CC(=O)N1c1ccccc1. The van der Waals surface area contributed by atoms with Crippen molar-refractivity contribution in [2.24, 2.45) is 0 Å². The van der Waals surface area contributed by atoms with Crippen LogP contribution in [0.1, 0.15) is 0 Å². The highest BCUT2D eigenvalue weighted by atomic mass is 16.2. The topological polar surface area (TPSA) is 54.5 Å². The molecule has 2 amide bonds. The summed E-state index contributed by atoms with van der Waals surface area (Å²) in [5.41, 5.74) is 0.613. The highest BCUT2D eigenvalue weighted by Gasteiger charge is 2.24. The zero-order chi connectivity index (χ0) is 11.3. The largest absolute Gasteiger partial charge is 0.307 e. The van der Waals surface area contributed by atoms with E-state index in [2.05, 4.69) is 0 Å². The lowest BCUT2D eigenvalue weighted by molar-refractivity contribution is -0.120. The van der Waals surface area contributed by atoms with Crippen molar-refractivity contribution >= 4 is 24.3 Å².